The lowest BCUT2D eigenvalue weighted by Gasteiger charge is -2.59. The van der Waals surface area contributed by atoms with E-state index < -0.39 is 53.0 Å². The van der Waals surface area contributed by atoms with E-state index >= 15 is 0 Å². The van der Waals surface area contributed by atoms with E-state index in [1.165, 1.54) is 13.8 Å². The Morgan fingerprint density at radius 3 is 2.52 bits per heavy atom. The molecule has 3 saturated carbocycles. The Morgan fingerprint density at radius 1 is 1.18 bits per heavy atom. The minimum atomic E-state index is -2.10. The predicted molar refractivity (Wildman–Crippen MR) is 116 cm³/mol. The third-order valence-corrected chi connectivity index (χ3v) is 8.83. The number of hydrogen-bond acceptors (Lipinski definition) is 8. The number of ketones is 2. The number of ether oxygens (including phenoxy) is 2. The van der Waals surface area contributed by atoms with Gasteiger partial charge in [-0.25, -0.2) is 0 Å². The van der Waals surface area contributed by atoms with Crippen LogP contribution in [0.3, 0.4) is 0 Å². The topological polar surface area (TPSA) is 127 Å². The lowest BCUT2D eigenvalue weighted by Crippen LogP contribution is -2.64. The zero-order valence-corrected chi connectivity index (χ0v) is 19.5. The van der Waals surface area contributed by atoms with Crippen molar-refractivity contribution in [3.63, 3.8) is 0 Å². The Morgan fingerprint density at radius 2 is 1.88 bits per heavy atom. The first kappa shape index (κ1) is 23.8. The highest BCUT2D eigenvalue weighted by atomic mass is 16.6. The van der Waals surface area contributed by atoms with E-state index in [9.17, 15) is 29.4 Å². The summed E-state index contributed by atoms with van der Waals surface area (Å²) in [6.45, 7) is 5.56. The van der Waals surface area contributed by atoms with E-state index in [2.05, 4.69) is 0 Å². The lowest BCUT2D eigenvalue weighted by molar-refractivity contribution is -0.198. The van der Waals surface area contributed by atoms with Crippen molar-refractivity contribution in [2.24, 2.45) is 28.6 Å². The maximum atomic E-state index is 13.3. The van der Waals surface area contributed by atoms with Gasteiger partial charge in [0.2, 0.25) is 5.78 Å². The molecule has 0 unspecified atom stereocenters. The first-order valence-electron chi connectivity index (χ1n) is 11.5. The van der Waals surface area contributed by atoms with E-state index in [-0.39, 0.29) is 36.4 Å². The van der Waals surface area contributed by atoms with Crippen molar-refractivity contribution in [3.05, 3.63) is 23.8 Å². The lowest BCUT2D eigenvalue weighted by atomic mass is 9.46. The van der Waals surface area contributed by atoms with Gasteiger partial charge < -0.3 is 19.7 Å². The van der Waals surface area contributed by atoms with Gasteiger partial charge in [-0.2, -0.15) is 0 Å². The van der Waals surface area contributed by atoms with Crippen molar-refractivity contribution in [2.75, 3.05) is 6.61 Å². The van der Waals surface area contributed by atoms with Gasteiger partial charge in [0.15, 0.2) is 18.0 Å². The summed E-state index contributed by atoms with van der Waals surface area (Å²) in [6, 6.07) is 0. The Kier molecular flexibility index (Phi) is 5.69. The molecule has 4 rings (SSSR count). The highest BCUT2D eigenvalue weighted by Gasteiger charge is 2.72. The molecule has 0 aromatic rings. The number of rotatable bonds is 4. The van der Waals surface area contributed by atoms with Crippen LogP contribution >= 0.6 is 0 Å². The molecule has 0 saturated heterocycles. The first-order valence-corrected chi connectivity index (χ1v) is 11.5. The standard InChI is InChI=1S/C25H32O8/c1-13(26)32-12-20(30)25(31)21(33-14(2)27)10-18-17-6-5-15-9-16(28)7-8-23(15,3)22(17)19(29)11-24(18,25)4/h7-9,17-19,21-22,29,31H,5-6,10-12H2,1-4H3/t17-,18-,19+,21-,22+,23+,24-,25+/m1/s1. The van der Waals surface area contributed by atoms with Gasteiger partial charge in [0.25, 0.3) is 0 Å². The molecule has 180 valence electrons. The molecule has 8 nitrogen and oxygen atoms in total. The molecule has 4 aliphatic rings. The van der Waals surface area contributed by atoms with Crippen molar-refractivity contribution in [2.45, 2.75) is 71.2 Å². The van der Waals surface area contributed by atoms with Crippen molar-refractivity contribution in [1.82, 2.24) is 0 Å². The SMILES string of the molecule is CC(=O)OCC(=O)[C@]1(O)[C@H](OC(C)=O)C[C@@H]2[C@H]3CCC4=CC(=O)C=C[C@]4(C)[C@@H]3[C@@H](O)C[C@]21C. The van der Waals surface area contributed by atoms with Crippen LogP contribution in [0.5, 0.6) is 0 Å². The summed E-state index contributed by atoms with van der Waals surface area (Å²) in [7, 11) is 0. The van der Waals surface area contributed by atoms with Crippen LogP contribution in [0, 0.1) is 28.6 Å². The second kappa shape index (κ2) is 7.87. The van der Waals surface area contributed by atoms with Gasteiger partial charge in [-0.1, -0.05) is 25.5 Å². The van der Waals surface area contributed by atoms with Crippen LogP contribution < -0.4 is 0 Å². The van der Waals surface area contributed by atoms with Crippen LogP contribution in [0.1, 0.15) is 53.4 Å². The van der Waals surface area contributed by atoms with Gasteiger partial charge in [0.05, 0.1) is 6.10 Å². The number of aliphatic hydroxyl groups excluding tert-OH is 1. The van der Waals surface area contributed by atoms with Gasteiger partial charge in [-0.05, 0) is 49.7 Å². The van der Waals surface area contributed by atoms with E-state index in [0.717, 1.165) is 5.57 Å². The van der Waals surface area contributed by atoms with Crippen molar-refractivity contribution in [3.8, 4) is 0 Å². The van der Waals surface area contributed by atoms with E-state index in [4.69, 9.17) is 9.47 Å². The van der Waals surface area contributed by atoms with Crippen LogP contribution in [0.2, 0.25) is 0 Å². The second-order valence-electron chi connectivity index (χ2n) is 10.5. The zero-order chi connectivity index (χ0) is 24.3. The van der Waals surface area contributed by atoms with Crippen LogP contribution in [0.4, 0.5) is 0 Å². The molecule has 8 heteroatoms. The Bertz CT molecular complexity index is 965. The highest BCUT2D eigenvalue weighted by Crippen LogP contribution is 2.67. The largest absolute Gasteiger partial charge is 0.459 e. The van der Waals surface area contributed by atoms with E-state index in [1.54, 1.807) is 19.1 Å². The maximum absolute atomic E-state index is 13.3. The number of Topliss-reactive ketones (excluding diaryl/α,β-unsaturated/α-hetero) is 1. The monoisotopic (exact) mass is 460 g/mol. The molecular formula is C25H32O8. The minimum absolute atomic E-state index is 0.0581. The quantitative estimate of drug-likeness (QED) is 0.607. The molecule has 3 fully saturated rings. The Labute approximate surface area is 193 Å². The van der Waals surface area contributed by atoms with E-state index in [0.29, 0.717) is 12.8 Å². The van der Waals surface area contributed by atoms with Crippen LogP contribution in [-0.4, -0.2) is 58.1 Å². The molecule has 4 aliphatic carbocycles. The maximum Gasteiger partial charge on any atom is 0.303 e. The van der Waals surface area contributed by atoms with Crippen LogP contribution in [-0.2, 0) is 28.7 Å². The third-order valence-electron chi connectivity index (χ3n) is 8.83. The molecular weight excluding hydrogens is 428 g/mol. The molecule has 2 N–H and O–H groups in total. The second-order valence-corrected chi connectivity index (χ2v) is 10.5. The molecule has 8 atom stereocenters. The summed E-state index contributed by atoms with van der Waals surface area (Å²) < 4.78 is 10.4. The summed E-state index contributed by atoms with van der Waals surface area (Å²) in [5, 5.41) is 23.3. The Balaban J connectivity index is 1.75. The number of hydrogen-bond donors (Lipinski definition) is 2. The van der Waals surface area contributed by atoms with Gasteiger partial charge in [-0.3, -0.25) is 19.2 Å². The predicted octanol–water partition coefficient (Wildman–Crippen LogP) is 1.67. The smallest absolute Gasteiger partial charge is 0.303 e. The summed E-state index contributed by atoms with van der Waals surface area (Å²) >= 11 is 0. The van der Waals surface area contributed by atoms with Crippen LogP contribution in [0.25, 0.3) is 0 Å². The van der Waals surface area contributed by atoms with Gasteiger partial charge in [0.1, 0.15) is 6.10 Å². The molecule has 0 spiro atoms. The number of fused-ring (bicyclic) bond motifs is 5. The number of carbonyl (C=O) groups excluding carboxylic acids is 4. The van der Waals surface area contributed by atoms with Gasteiger partial charge in [-0.15, -0.1) is 0 Å². The molecule has 0 aromatic heterocycles. The first-order chi connectivity index (χ1) is 15.3. The number of carbonyl (C=O) groups is 4. The average molecular weight is 461 g/mol. The third kappa shape index (κ3) is 3.41. The average Bonchev–Trinajstić information content (AvgIpc) is 2.94. The van der Waals surface area contributed by atoms with Crippen molar-refractivity contribution >= 4 is 23.5 Å². The summed E-state index contributed by atoms with van der Waals surface area (Å²) in [6.07, 6.45) is 4.86. The molecule has 0 heterocycles. The number of allylic oxidation sites excluding steroid dienone is 4. The molecule has 0 aliphatic heterocycles. The van der Waals surface area contributed by atoms with Crippen LogP contribution in [0.15, 0.2) is 23.8 Å². The normalized spacial score (nSPS) is 43.6. The highest BCUT2D eigenvalue weighted by molar-refractivity contribution is 6.01. The number of esters is 2. The minimum Gasteiger partial charge on any atom is -0.459 e. The van der Waals surface area contributed by atoms with Gasteiger partial charge in [0, 0.05) is 30.6 Å². The summed E-state index contributed by atoms with van der Waals surface area (Å²) in [4.78, 5) is 48.4. The Hall–Kier alpha value is -2.32. The number of aliphatic hydroxyl groups is 2. The van der Waals surface area contributed by atoms with E-state index in [1.807, 2.05) is 13.0 Å². The molecule has 0 bridgehead atoms. The van der Waals surface area contributed by atoms with Gasteiger partial charge >= 0.3 is 11.9 Å². The van der Waals surface area contributed by atoms with Crippen molar-refractivity contribution in [1.29, 1.82) is 0 Å². The molecule has 33 heavy (non-hydrogen) atoms. The fourth-order valence-electron chi connectivity index (χ4n) is 7.42. The fourth-order valence-corrected chi connectivity index (χ4v) is 7.42. The van der Waals surface area contributed by atoms with Crippen molar-refractivity contribution < 1.29 is 38.9 Å². The molecule has 0 amide bonds. The molecule has 0 radical (unpaired) electrons. The fraction of sp³-hybridized carbons (Fsp3) is 0.680. The zero-order valence-electron chi connectivity index (χ0n) is 19.5. The summed E-state index contributed by atoms with van der Waals surface area (Å²) in [5.74, 6) is -2.55. The molecule has 0 aromatic carbocycles. The summed E-state index contributed by atoms with van der Waals surface area (Å²) in [5.41, 5.74) is -2.69.